The normalized spacial score (nSPS) is 32.4. The molecule has 0 radical (unpaired) electrons. The Morgan fingerprint density at radius 3 is 2.50 bits per heavy atom. The van der Waals surface area contributed by atoms with Crippen molar-refractivity contribution < 1.29 is 28.8 Å². The van der Waals surface area contributed by atoms with E-state index in [0.717, 1.165) is 0 Å². The largest absolute Gasteiger partial charge is 0.366 e. The standard InChI is InChI=1S/C8H16O6/c1-10-4-13-6-3-12-8(9)7(6)14-5-11-2/h6-9H,3-5H2,1-2H3/t6-,7+,8?/m0/s1. The van der Waals surface area contributed by atoms with Gasteiger partial charge in [0.25, 0.3) is 0 Å². The van der Waals surface area contributed by atoms with E-state index < -0.39 is 12.4 Å². The molecule has 1 unspecified atom stereocenters. The Balaban J connectivity index is 2.32. The first-order valence-corrected chi connectivity index (χ1v) is 4.30. The highest BCUT2D eigenvalue weighted by Gasteiger charge is 2.38. The van der Waals surface area contributed by atoms with Gasteiger partial charge < -0.3 is 28.8 Å². The molecule has 0 amide bonds. The molecule has 1 fully saturated rings. The van der Waals surface area contributed by atoms with Crippen molar-refractivity contribution in [3.8, 4) is 0 Å². The number of rotatable bonds is 6. The number of aliphatic hydroxyl groups excluding tert-OH is 1. The Kier molecular flexibility index (Phi) is 5.31. The fourth-order valence-electron chi connectivity index (χ4n) is 1.20. The summed E-state index contributed by atoms with van der Waals surface area (Å²) >= 11 is 0. The SMILES string of the molecule is COCO[C@H]1COC(O)[C@@H]1OCOC. The molecule has 1 rings (SSSR count). The molecule has 0 aromatic rings. The second-order valence-electron chi connectivity index (χ2n) is 2.87. The van der Waals surface area contributed by atoms with E-state index in [1.165, 1.54) is 14.2 Å². The molecule has 1 aliphatic rings. The quantitative estimate of drug-likeness (QED) is 0.583. The lowest BCUT2D eigenvalue weighted by Gasteiger charge is -2.19. The molecule has 0 aromatic carbocycles. The van der Waals surface area contributed by atoms with Gasteiger partial charge in [-0.15, -0.1) is 0 Å². The van der Waals surface area contributed by atoms with Gasteiger partial charge in [-0.2, -0.15) is 0 Å². The Morgan fingerprint density at radius 1 is 1.21 bits per heavy atom. The predicted octanol–water partition coefficient (Wildman–Crippen LogP) is -0.687. The number of methoxy groups -OCH3 is 2. The highest BCUT2D eigenvalue weighted by Crippen LogP contribution is 2.18. The lowest BCUT2D eigenvalue weighted by molar-refractivity contribution is -0.181. The highest BCUT2D eigenvalue weighted by atomic mass is 16.7. The maximum absolute atomic E-state index is 9.36. The number of hydrogen-bond donors (Lipinski definition) is 1. The van der Waals surface area contributed by atoms with Gasteiger partial charge >= 0.3 is 0 Å². The van der Waals surface area contributed by atoms with Crippen LogP contribution in [0.4, 0.5) is 0 Å². The summed E-state index contributed by atoms with van der Waals surface area (Å²) in [4.78, 5) is 0. The van der Waals surface area contributed by atoms with E-state index >= 15 is 0 Å². The number of aliphatic hydroxyl groups is 1. The van der Waals surface area contributed by atoms with Gasteiger partial charge in [0.05, 0.1) is 6.61 Å². The van der Waals surface area contributed by atoms with Gasteiger partial charge in [-0.1, -0.05) is 0 Å². The molecule has 6 heteroatoms. The Hall–Kier alpha value is -0.240. The fourth-order valence-corrected chi connectivity index (χ4v) is 1.20. The Labute approximate surface area is 82.6 Å². The van der Waals surface area contributed by atoms with E-state index in [9.17, 15) is 5.11 Å². The summed E-state index contributed by atoms with van der Waals surface area (Å²) in [6.07, 6.45) is -1.81. The summed E-state index contributed by atoms with van der Waals surface area (Å²) in [5, 5.41) is 9.36. The van der Waals surface area contributed by atoms with Gasteiger partial charge in [-0.05, 0) is 0 Å². The second-order valence-corrected chi connectivity index (χ2v) is 2.87. The van der Waals surface area contributed by atoms with E-state index in [0.29, 0.717) is 6.61 Å². The zero-order valence-electron chi connectivity index (χ0n) is 8.34. The molecule has 3 atom stereocenters. The first-order chi connectivity index (χ1) is 6.79. The predicted molar refractivity (Wildman–Crippen MR) is 45.5 cm³/mol. The Morgan fingerprint density at radius 2 is 1.86 bits per heavy atom. The molecule has 0 aromatic heterocycles. The van der Waals surface area contributed by atoms with Crippen molar-refractivity contribution in [2.75, 3.05) is 34.4 Å². The van der Waals surface area contributed by atoms with Gasteiger partial charge in [-0.25, -0.2) is 0 Å². The molecule has 84 valence electrons. The minimum atomic E-state index is -0.966. The molecule has 0 bridgehead atoms. The van der Waals surface area contributed by atoms with E-state index in [4.69, 9.17) is 23.7 Å². The third-order valence-electron chi connectivity index (χ3n) is 1.86. The Bertz CT molecular complexity index is 153. The maximum atomic E-state index is 9.36. The summed E-state index contributed by atoms with van der Waals surface area (Å²) in [7, 11) is 3.03. The van der Waals surface area contributed by atoms with E-state index in [2.05, 4.69) is 0 Å². The van der Waals surface area contributed by atoms with Gasteiger partial charge in [0.2, 0.25) is 0 Å². The smallest absolute Gasteiger partial charge is 0.184 e. The lowest BCUT2D eigenvalue weighted by atomic mass is 10.2. The zero-order chi connectivity index (χ0) is 10.4. The van der Waals surface area contributed by atoms with Gasteiger partial charge in [0.1, 0.15) is 25.8 Å². The van der Waals surface area contributed by atoms with Crippen LogP contribution in [0.15, 0.2) is 0 Å². The van der Waals surface area contributed by atoms with Crippen LogP contribution >= 0.6 is 0 Å². The van der Waals surface area contributed by atoms with Crippen molar-refractivity contribution in [1.29, 1.82) is 0 Å². The summed E-state index contributed by atoms with van der Waals surface area (Å²) in [6, 6.07) is 0. The minimum absolute atomic E-state index is 0.0952. The zero-order valence-corrected chi connectivity index (χ0v) is 8.34. The minimum Gasteiger partial charge on any atom is -0.366 e. The summed E-state index contributed by atoms with van der Waals surface area (Å²) in [5.74, 6) is 0. The van der Waals surface area contributed by atoms with Crippen LogP contribution in [-0.4, -0.2) is 58.0 Å². The van der Waals surface area contributed by atoms with E-state index in [-0.39, 0.29) is 19.7 Å². The molecular weight excluding hydrogens is 192 g/mol. The van der Waals surface area contributed by atoms with Crippen LogP contribution in [0, 0.1) is 0 Å². The van der Waals surface area contributed by atoms with Crippen molar-refractivity contribution in [2.45, 2.75) is 18.5 Å². The summed E-state index contributed by atoms with van der Waals surface area (Å²) in [6.45, 7) is 0.532. The topological polar surface area (TPSA) is 66.4 Å². The first-order valence-electron chi connectivity index (χ1n) is 4.30. The van der Waals surface area contributed by atoms with Crippen molar-refractivity contribution in [1.82, 2.24) is 0 Å². The van der Waals surface area contributed by atoms with Crippen LogP contribution in [0.1, 0.15) is 0 Å². The molecular formula is C8H16O6. The molecule has 1 heterocycles. The molecule has 1 saturated heterocycles. The lowest BCUT2D eigenvalue weighted by Crippen LogP contribution is -2.35. The van der Waals surface area contributed by atoms with Gasteiger partial charge in [0, 0.05) is 14.2 Å². The maximum Gasteiger partial charge on any atom is 0.184 e. The number of hydrogen-bond acceptors (Lipinski definition) is 6. The molecule has 1 aliphatic heterocycles. The monoisotopic (exact) mass is 208 g/mol. The molecule has 0 saturated carbocycles. The van der Waals surface area contributed by atoms with Gasteiger partial charge in [0.15, 0.2) is 6.29 Å². The van der Waals surface area contributed by atoms with Crippen molar-refractivity contribution in [3.05, 3.63) is 0 Å². The van der Waals surface area contributed by atoms with Crippen LogP contribution in [0.2, 0.25) is 0 Å². The molecule has 0 spiro atoms. The molecule has 14 heavy (non-hydrogen) atoms. The van der Waals surface area contributed by atoms with E-state index in [1.54, 1.807) is 0 Å². The third-order valence-corrected chi connectivity index (χ3v) is 1.86. The van der Waals surface area contributed by atoms with Crippen LogP contribution in [0.25, 0.3) is 0 Å². The molecule has 0 aliphatic carbocycles. The van der Waals surface area contributed by atoms with Crippen molar-refractivity contribution in [3.63, 3.8) is 0 Å². The van der Waals surface area contributed by atoms with Crippen molar-refractivity contribution in [2.24, 2.45) is 0 Å². The second kappa shape index (κ2) is 6.28. The van der Waals surface area contributed by atoms with Crippen LogP contribution in [0.3, 0.4) is 0 Å². The summed E-state index contributed by atoms with van der Waals surface area (Å²) < 4.78 is 24.9. The average Bonchev–Trinajstić information content (AvgIpc) is 2.53. The summed E-state index contributed by atoms with van der Waals surface area (Å²) in [5.41, 5.74) is 0. The van der Waals surface area contributed by atoms with Crippen LogP contribution in [-0.2, 0) is 23.7 Å². The van der Waals surface area contributed by atoms with Crippen molar-refractivity contribution >= 4 is 0 Å². The third kappa shape index (κ3) is 3.16. The highest BCUT2D eigenvalue weighted by molar-refractivity contribution is 4.79. The molecule has 1 N–H and O–H groups in total. The number of ether oxygens (including phenoxy) is 5. The van der Waals surface area contributed by atoms with Gasteiger partial charge in [-0.3, -0.25) is 0 Å². The molecule has 6 nitrogen and oxygen atoms in total. The van der Waals surface area contributed by atoms with Crippen LogP contribution < -0.4 is 0 Å². The fraction of sp³-hybridized carbons (Fsp3) is 1.00. The first kappa shape index (κ1) is 11.8. The average molecular weight is 208 g/mol. The van der Waals surface area contributed by atoms with Crippen LogP contribution in [0.5, 0.6) is 0 Å². The van der Waals surface area contributed by atoms with E-state index in [1.807, 2.05) is 0 Å².